The van der Waals surface area contributed by atoms with Crippen LogP contribution < -0.4 is 16.0 Å². The van der Waals surface area contributed by atoms with E-state index < -0.39 is 0 Å². The molecule has 2 aromatic rings. The maximum absolute atomic E-state index is 12.1. The Balaban J connectivity index is 1.53. The van der Waals surface area contributed by atoms with Crippen LogP contribution in [0.25, 0.3) is 0 Å². The summed E-state index contributed by atoms with van der Waals surface area (Å²) >= 11 is 0. The fourth-order valence-electron chi connectivity index (χ4n) is 3.55. The van der Waals surface area contributed by atoms with E-state index in [1.165, 1.54) is 25.7 Å². The Labute approximate surface area is 161 Å². The number of anilines is 4. The summed E-state index contributed by atoms with van der Waals surface area (Å²) in [5.74, 6) is 3.10. The smallest absolute Gasteiger partial charge is 0.224 e. The molecule has 1 aliphatic carbocycles. The van der Waals surface area contributed by atoms with E-state index in [0.717, 1.165) is 41.9 Å². The summed E-state index contributed by atoms with van der Waals surface area (Å²) in [6.45, 7) is 4.71. The highest BCUT2D eigenvalue weighted by molar-refractivity contribution is 5.90. The molecule has 6 heteroatoms. The van der Waals surface area contributed by atoms with Crippen LogP contribution in [0.5, 0.6) is 0 Å². The van der Waals surface area contributed by atoms with Crippen molar-refractivity contribution in [3.63, 3.8) is 0 Å². The highest BCUT2D eigenvalue weighted by Crippen LogP contribution is 2.28. The number of carbonyl (C=O) groups excluding carboxylic acids is 1. The van der Waals surface area contributed by atoms with Crippen molar-refractivity contribution in [1.29, 1.82) is 0 Å². The molecule has 3 N–H and O–H groups in total. The monoisotopic (exact) mass is 367 g/mol. The summed E-state index contributed by atoms with van der Waals surface area (Å²) in [5, 5.41) is 9.47. The summed E-state index contributed by atoms with van der Waals surface area (Å²) in [5.41, 5.74) is 1.74. The van der Waals surface area contributed by atoms with Gasteiger partial charge in [-0.25, -0.2) is 9.97 Å². The lowest BCUT2D eigenvalue weighted by Gasteiger charge is -2.11. The number of aromatic nitrogens is 2. The van der Waals surface area contributed by atoms with Crippen molar-refractivity contribution < 1.29 is 4.79 Å². The van der Waals surface area contributed by atoms with Gasteiger partial charge in [-0.05, 0) is 50.5 Å². The number of rotatable bonds is 8. The molecule has 0 spiro atoms. The van der Waals surface area contributed by atoms with Crippen LogP contribution in [0.1, 0.15) is 51.3 Å². The minimum absolute atomic E-state index is 0.101. The Bertz CT molecular complexity index is 754. The van der Waals surface area contributed by atoms with Gasteiger partial charge < -0.3 is 16.0 Å². The normalized spacial score (nSPS) is 14.1. The van der Waals surface area contributed by atoms with Gasteiger partial charge in [0, 0.05) is 30.4 Å². The quantitative estimate of drug-likeness (QED) is 0.620. The predicted octanol–water partition coefficient (Wildman–Crippen LogP) is 4.87. The first-order valence-electron chi connectivity index (χ1n) is 9.89. The number of nitrogens with zero attached hydrogens (tertiary/aromatic N) is 2. The van der Waals surface area contributed by atoms with Crippen molar-refractivity contribution >= 4 is 28.9 Å². The van der Waals surface area contributed by atoms with Gasteiger partial charge in [-0.1, -0.05) is 25.7 Å². The molecule has 3 rings (SSSR count). The highest BCUT2D eigenvalue weighted by atomic mass is 16.1. The van der Waals surface area contributed by atoms with Crippen LogP contribution in [0.2, 0.25) is 0 Å². The largest absolute Gasteiger partial charge is 0.370 e. The zero-order valence-corrected chi connectivity index (χ0v) is 16.2. The Kier molecular flexibility index (Phi) is 6.63. The first kappa shape index (κ1) is 19.1. The summed E-state index contributed by atoms with van der Waals surface area (Å²) in [6.07, 6.45) is 6.83. The molecule has 0 atom stereocenters. The van der Waals surface area contributed by atoms with Crippen LogP contribution in [-0.4, -0.2) is 22.4 Å². The molecule has 0 aliphatic heterocycles. The lowest BCUT2D eigenvalue weighted by Crippen LogP contribution is -2.12. The highest BCUT2D eigenvalue weighted by Gasteiger charge is 2.16. The van der Waals surface area contributed by atoms with Gasteiger partial charge in [0.15, 0.2) is 0 Å². The van der Waals surface area contributed by atoms with Crippen LogP contribution >= 0.6 is 0 Å². The number of carbonyl (C=O) groups is 1. The molecular weight excluding hydrogens is 338 g/mol. The van der Waals surface area contributed by atoms with Crippen molar-refractivity contribution in [3.8, 4) is 0 Å². The number of nitrogens with one attached hydrogen (secondary N) is 3. The lowest BCUT2D eigenvalue weighted by atomic mass is 10.0. The van der Waals surface area contributed by atoms with E-state index in [0.29, 0.717) is 12.2 Å². The number of hydrogen-bond acceptors (Lipinski definition) is 5. The maximum Gasteiger partial charge on any atom is 0.224 e. The third kappa shape index (κ3) is 5.94. The van der Waals surface area contributed by atoms with Gasteiger partial charge in [0.1, 0.15) is 17.5 Å². The second-order valence-corrected chi connectivity index (χ2v) is 7.16. The number of aryl methyl sites for hydroxylation is 1. The van der Waals surface area contributed by atoms with Gasteiger partial charge in [-0.3, -0.25) is 4.79 Å². The van der Waals surface area contributed by atoms with E-state index in [-0.39, 0.29) is 5.91 Å². The molecule has 0 radical (unpaired) electrons. The first-order chi connectivity index (χ1) is 13.1. The van der Waals surface area contributed by atoms with Crippen LogP contribution in [0.3, 0.4) is 0 Å². The summed E-state index contributed by atoms with van der Waals surface area (Å²) < 4.78 is 0. The first-order valence-corrected chi connectivity index (χ1v) is 9.89. The predicted molar refractivity (Wildman–Crippen MR) is 110 cm³/mol. The zero-order valence-electron chi connectivity index (χ0n) is 16.2. The summed E-state index contributed by atoms with van der Waals surface area (Å²) in [6, 6.07) is 9.59. The number of amides is 1. The molecular formula is C21H29N5O. The Morgan fingerprint density at radius 2 is 1.74 bits per heavy atom. The Morgan fingerprint density at radius 3 is 2.44 bits per heavy atom. The summed E-state index contributed by atoms with van der Waals surface area (Å²) in [7, 11) is 0. The molecule has 1 aromatic heterocycles. The van der Waals surface area contributed by atoms with Crippen LogP contribution in [0.4, 0.5) is 23.0 Å². The fraction of sp³-hybridized carbons (Fsp3) is 0.476. The molecule has 144 valence electrons. The standard InChI is InChI=1S/C21H29N5O/c1-3-22-19-14-20(24-15(2)23-19)25-17-9-11-18(12-10-17)26-21(27)13-8-16-6-4-5-7-16/h9-12,14,16H,3-8,13H2,1-2H3,(H,26,27)(H2,22,23,24,25). The fourth-order valence-corrected chi connectivity index (χ4v) is 3.55. The Morgan fingerprint density at radius 1 is 1.07 bits per heavy atom. The average Bonchev–Trinajstić information content (AvgIpc) is 3.15. The molecule has 27 heavy (non-hydrogen) atoms. The lowest BCUT2D eigenvalue weighted by molar-refractivity contribution is -0.116. The van der Waals surface area contributed by atoms with Crippen molar-refractivity contribution in [3.05, 3.63) is 36.2 Å². The topological polar surface area (TPSA) is 78.9 Å². The van der Waals surface area contributed by atoms with Gasteiger partial charge >= 0.3 is 0 Å². The molecule has 1 aromatic carbocycles. The minimum Gasteiger partial charge on any atom is -0.370 e. The average molecular weight is 367 g/mol. The van der Waals surface area contributed by atoms with Crippen molar-refractivity contribution in [2.24, 2.45) is 5.92 Å². The molecule has 1 heterocycles. The molecule has 0 unspecified atom stereocenters. The Hall–Kier alpha value is -2.63. The molecule has 0 saturated heterocycles. The van der Waals surface area contributed by atoms with Crippen LogP contribution in [-0.2, 0) is 4.79 Å². The van der Waals surface area contributed by atoms with Gasteiger partial charge in [0.2, 0.25) is 5.91 Å². The third-order valence-corrected chi connectivity index (χ3v) is 4.89. The zero-order chi connectivity index (χ0) is 19.1. The van der Waals surface area contributed by atoms with Gasteiger partial charge in [0.05, 0.1) is 0 Å². The second kappa shape index (κ2) is 9.35. The van der Waals surface area contributed by atoms with Crippen molar-refractivity contribution in [2.45, 2.75) is 52.4 Å². The van der Waals surface area contributed by atoms with E-state index >= 15 is 0 Å². The number of benzene rings is 1. The van der Waals surface area contributed by atoms with Crippen molar-refractivity contribution in [1.82, 2.24) is 9.97 Å². The van der Waals surface area contributed by atoms with Gasteiger partial charge in [-0.15, -0.1) is 0 Å². The summed E-state index contributed by atoms with van der Waals surface area (Å²) in [4.78, 5) is 20.9. The second-order valence-electron chi connectivity index (χ2n) is 7.16. The number of hydrogen-bond donors (Lipinski definition) is 3. The molecule has 1 aliphatic rings. The van der Waals surface area contributed by atoms with Crippen LogP contribution in [0, 0.1) is 12.8 Å². The van der Waals surface area contributed by atoms with E-state index in [9.17, 15) is 4.79 Å². The molecule has 1 amide bonds. The molecule has 0 bridgehead atoms. The molecule has 1 saturated carbocycles. The van der Waals surface area contributed by atoms with E-state index in [1.807, 2.05) is 44.2 Å². The third-order valence-electron chi connectivity index (χ3n) is 4.89. The SMILES string of the molecule is CCNc1cc(Nc2ccc(NC(=O)CCC3CCCC3)cc2)nc(C)n1. The maximum atomic E-state index is 12.1. The van der Waals surface area contributed by atoms with Gasteiger partial charge in [-0.2, -0.15) is 0 Å². The van der Waals surface area contributed by atoms with Crippen molar-refractivity contribution in [2.75, 3.05) is 22.5 Å². The van der Waals surface area contributed by atoms with Crippen LogP contribution in [0.15, 0.2) is 30.3 Å². The minimum atomic E-state index is 0.101. The van der Waals surface area contributed by atoms with Gasteiger partial charge in [0.25, 0.3) is 0 Å². The molecule has 6 nitrogen and oxygen atoms in total. The van der Waals surface area contributed by atoms with E-state index in [1.54, 1.807) is 0 Å². The molecule has 1 fully saturated rings. The van der Waals surface area contributed by atoms with E-state index in [2.05, 4.69) is 25.9 Å². The van der Waals surface area contributed by atoms with E-state index in [4.69, 9.17) is 0 Å².